The van der Waals surface area contributed by atoms with Gasteiger partial charge >= 0.3 is 6.03 Å². The fourth-order valence-electron chi connectivity index (χ4n) is 5.73. The van der Waals surface area contributed by atoms with Crippen LogP contribution < -0.4 is 14.8 Å². The van der Waals surface area contributed by atoms with Gasteiger partial charge in [0.05, 0.1) is 29.7 Å². The molecule has 0 aliphatic carbocycles. The number of urea groups is 1. The summed E-state index contributed by atoms with van der Waals surface area (Å²) in [7, 11) is 0. The van der Waals surface area contributed by atoms with E-state index in [0.29, 0.717) is 29.6 Å². The minimum atomic E-state index is -0.337. The first-order valence-corrected chi connectivity index (χ1v) is 13.9. The van der Waals surface area contributed by atoms with E-state index in [0.717, 1.165) is 34.0 Å². The van der Waals surface area contributed by atoms with Crippen LogP contribution in [0.3, 0.4) is 0 Å². The maximum absolute atomic E-state index is 14.2. The molecule has 5 aromatic rings. The molecule has 3 aromatic carbocycles. The zero-order chi connectivity index (χ0) is 28.1. The van der Waals surface area contributed by atoms with Crippen LogP contribution in [0.15, 0.2) is 91.1 Å². The first-order chi connectivity index (χ1) is 20.0. The van der Waals surface area contributed by atoms with Gasteiger partial charge in [0.1, 0.15) is 5.82 Å². The predicted molar refractivity (Wildman–Crippen MR) is 157 cm³/mol. The molecule has 1 N–H and O–H groups in total. The zero-order valence-corrected chi connectivity index (χ0v) is 23.2. The summed E-state index contributed by atoms with van der Waals surface area (Å²) < 4.78 is 15.2. The second-order valence-electron chi connectivity index (χ2n) is 10.8. The summed E-state index contributed by atoms with van der Waals surface area (Å²) >= 11 is 0. The van der Waals surface area contributed by atoms with E-state index in [1.807, 2.05) is 65.0 Å². The van der Waals surface area contributed by atoms with E-state index in [9.17, 15) is 4.79 Å². The average molecular weight is 546 g/mol. The Morgan fingerprint density at radius 3 is 2.51 bits per heavy atom. The van der Waals surface area contributed by atoms with Crippen LogP contribution in [-0.4, -0.2) is 32.1 Å². The van der Waals surface area contributed by atoms with E-state index < -0.39 is 0 Å². The zero-order valence-electron chi connectivity index (χ0n) is 23.2. The van der Waals surface area contributed by atoms with Crippen molar-refractivity contribution in [3.8, 4) is 23.0 Å². The molecule has 2 aromatic heterocycles. The van der Waals surface area contributed by atoms with Gasteiger partial charge in [0, 0.05) is 23.5 Å². The van der Waals surface area contributed by atoms with Gasteiger partial charge in [0.25, 0.3) is 0 Å². The second kappa shape index (κ2) is 9.89. The third kappa shape index (κ3) is 4.32. The van der Waals surface area contributed by atoms with Gasteiger partial charge in [-0.1, -0.05) is 56.3 Å². The summed E-state index contributed by atoms with van der Waals surface area (Å²) in [4.78, 5) is 16.1. The lowest BCUT2D eigenvalue weighted by atomic mass is 9.97. The Balaban J connectivity index is 1.37. The summed E-state index contributed by atoms with van der Waals surface area (Å²) in [5, 5.41) is 8.06. The molecule has 7 rings (SSSR count). The number of rotatable bonds is 4. The maximum Gasteiger partial charge on any atom is 0.322 e. The topological polar surface area (TPSA) is 73.6 Å². The van der Waals surface area contributed by atoms with Gasteiger partial charge in [0.15, 0.2) is 11.5 Å². The molecule has 0 bridgehead atoms. The van der Waals surface area contributed by atoms with Crippen LogP contribution in [-0.2, 0) is 6.54 Å². The number of hydrogen-bond acceptors (Lipinski definition) is 4. The molecule has 0 saturated carbocycles. The number of nitrogens with zero attached hydrogens (tertiary/aromatic N) is 4. The number of benzene rings is 3. The van der Waals surface area contributed by atoms with Crippen molar-refractivity contribution in [2.45, 2.75) is 39.3 Å². The SMILES string of the molecule is Cc1nn(-c2ccccc2)c2c1CN(C(=O)Nc1ccc3c(c1)OCO3)C(c1ccc(C(C)C)cc1)c1cccn1-2. The summed E-state index contributed by atoms with van der Waals surface area (Å²) in [6, 6.07) is 27.8. The van der Waals surface area contributed by atoms with E-state index >= 15 is 0 Å². The smallest absolute Gasteiger partial charge is 0.322 e. The van der Waals surface area contributed by atoms with Crippen LogP contribution in [0.25, 0.3) is 11.5 Å². The van der Waals surface area contributed by atoms with E-state index in [4.69, 9.17) is 14.6 Å². The van der Waals surface area contributed by atoms with Crippen molar-refractivity contribution >= 4 is 11.7 Å². The van der Waals surface area contributed by atoms with Crippen molar-refractivity contribution in [2.75, 3.05) is 12.1 Å². The second-order valence-corrected chi connectivity index (χ2v) is 10.8. The number of ether oxygens (including phenoxy) is 2. The molecule has 2 aliphatic heterocycles. The highest BCUT2D eigenvalue weighted by atomic mass is 16.7. The number of amides is 2. The minimum Gasteiger partial charge on any atom is -0.454 e. The first kappa shape index (κ1) is 25.0. The van der Waals surface area contributed by atoms with Crippen molar-refractivity contribution in [3.05, 3.63) is 119 Å². The Bertz CT molecular complexity index is 1740. The summed E-state index contributed by atoms with van der Waals surface area (Å²) in [6.45, 7) is 6.94. The first-order valence-electron chi connectivity index (χ1n) is 13.9. The summed E-state index contributed by atoms with van der Waals surface area (Å²) in [6.07, 6.45) is 2.06. The van der Waals surface area contributed by atoms with Crippen LogP contribution in [0.1, 0.15) is 53.9 Å². The Morgan fingerprint density at radius 1 is 0.951 bits per heavy atom. The number of para-hydroxylation sites is 1. The predicted octanol–water partition coefficient (Wildman–Crippen LogP) is 6.96. The van der Waals surface area contributed by atoms with E-state index in [2.05, 4.69) is 60.3 Å². The van der Waals surface area contributed by atoms with Crippen molar-refractivity contribution in [3.63, 3.8) is 0 Å². The Kier molecular flexibility index (Phi) is 6.03. The highest BCUT2D eigenvalue weighted by Crippen LogP contribution is 2.40. The lowest BCUT2D eigenvalue weighted by Crippen LogP contribution is -2.38. The molecular weight excluding hydrogens is 514 g/mol. The van der Waals surface area contributed by atoms with Crippen molar-refractivity contribution in [1.29, 1.82) is 0 Å². The Labute approximate surface area is 238 Å². The number of anilines is 1. The number of nitrogens with one attached hydrogen (secondary N) is 1. The van der Waals surface area contributed by atoms with Crippen molar-refractivity contribution in [1.82, 2.24) is 19.2 Å². The third-order valence-corrected chi connectivity index (χ3v) is 7.89. The van der Waals surface area contributed by atoms with Gasteiger partial charge in [-0.15, -0.1) is 0 Å². The largest absolute Gasteiger partial charge is 0.454 e. The number of fused-ring (bicyclic) bond motifs is 4. The fraction of sp³-hybridized carbons (Fsp3) is 0.212. The number of carbonyl (C=O) groups excluding carboxylic acids is 1. The number of aryl methyl sites for hydroxylation is 1. The van der Waals surface area contributed by atoms with Crippen molar-refractivity contribution < 1.29 is 14.3 Å². The molecule has 1 atom stereocenters. The van der Waals surface area contributed by atoms with E-state index in [1.54, 1.807) is 6.07 Å². The number of hydrogen-bond donors (Lipinski definition) is 1. The number of aromatic nitrogens is 3. The quantitative estimate of drug-likeness (QED) is 0.265. The molecule has 0 radical (unpaired) electrons. The number of carbonyl (C=O) groups is 1. The van der Waals surface area contributed by atoms with Crippen LogP contribution in [0, 0.1) is 6.92 Å². The van der Waals surface area contributed by atoms with Gasteiger partial charge < -0.3 is 24.3 Å². The third-order valence-electron chi connectivity index (χ3n) is 7.89. The Morgan fingerprint density at radius 2 is 1.73 bits per heavy atom. The average Bonchev–Trinajstić information content (AvgIpc) is 3.70. The maximum atomic E-state index is 14.2. The van der Waals surface area contributed by atoms with Crippen LogP contribution in [0.2, 0.25) is 0 Å². The van der Waals surface area contributed by atoms with E-state index in [-0.39, 0.29) is 18.9 Å². The van der Waals surface area contributed by atoms with Gasteiger partial charge in [-0.2, -0.15) is 5.10 Å². The molecule has 2 amide bonds. The molecule has 8 heteroatoms. The molecule has 2 aliphatic rings. The normalized spacial score (nSPS) is 15.4. The van der Waals surface area contributed by atoms with Crippen LogP contribution in [0.4, 0.5) is 10.5 Å². The molecule has 0 spiro atoms. The molecule has 206 valence electrons. The monoisotopic (exact) mass is 545 g/mol. The molecule has 0 saturated heterocycles. The van der Waals surface area contributed by atoms with Crippen molar-refractivity contribution in [2.24, 2.45) is 0 Å². The fourth-order valence-corrected chi connectivity index (χ4v) is 5.73. The lowest BCUT2D eigenvalue weighted by Gasteiger charge is -2.31. The van der Waals surface area contributed by atoms with Gasteiger partial charge in [-0.25, -0.2) is 9.48 Å². The molecule has 0 fully saturated rings. The van der Waals surface area contributed by atoms with Gasteiger partial charge in [-0.3, -0.25) is 0 Å². The molecular formula is C33H31N5O3. The molecule has 1 unspecified atom stereocenters. The Hall–Kier alpha value is -4.98. The standard InChI is InChI=1S/C33H31N5O3/c1-21(2)23-11-13-24(14-12-23)31-28-10-7-17-36(28)32-27(22(3)35-38(32)26-8-5-4-6-9-26)19-37(31)33(39)34-25-15-16-29-30(18-25)41-20-40-29/h4-18,21,31H,19-20H2,1-3H3,(H,34,39). The highest BCUT2D eigenvalue weighted by Gasteiger charge is 2.36. The molecule has 41 heavy (non-hydrogen) atoms. The van der Waals surface area contributed by atoms with Crippen LogP contribution in [0.5, 0.6) is 11.5 Å². The summed E-state index contributed by atoms with van der Waals surface area (Å²) in [5.41, 5.74) is 6.76. The molecule has 4 heterocycles. The molecule has 8 nitrogen and oxygen atoms in total. The van der Waals surface area contributed by atoms with E-state index in [1.165, 1.54) is 5.56 Å². The van der Waals surface area contributed by atoms with Gasteiger partial charge in [0.2, 0.25) is 6.79 Å². The minimum absolute atomic E-state index is 0.178. The van der Waals surface area contributed by atoms with Gasteiger partial charge in [-0.05, 0) is 60.4 Å². The summed E-state index contributed by atoms with van der Waals surface area (Å²) in [5.74, 6) is 2.65. The lowest BCUT2D eigenvalue weighted by molar-refractivity contribution is 0.174. The highest BCUT2D eigenvalue weighted by molar-refractivity contribution is 5.90. The van der Waals surface area contributed by atoms with Crippen LogP contribution >= 0.6 is 0 Å².